The molecule has 5 heteroatoms. The van der Waals surface area contributed by atoms with E-state index >= 15 is 0 Å². The lowest BCUT2D eigenvalue weighted by Gasteiger charge is -2.18. The third kappa shape index (κ3) is 48.8. The Morgan fingerprint density at radius 1 is 0.383 bits per heavy atom. The van der Waals surface area contributed by atoms with Gasteiger partial charge in [0.2, 0.25) is 0 Å². The topological polar surface area (TPSA) is 61.8 Å². The van der Waals surface area contributed by atoms with Crippen LogP contribution in [0.15, 0.2) is 36.5 Å². The van der Waals surface area contributed by atoms with Crippen molar-refractivity contribution in [2.45, 2.75) is 284 Å². The second-order valence-electron chi connectivity index (χ2n) is 17.8. The summed E-state index contributed by atoms with van der Waals surface area (Å²) in [6.07, 6.45) is 61.7. The average molecular weight is 843 g/mol. The highest BCUT2D eigenvalue weighted by molar-refractivity contribution is 5.70. The van der Waals surface area contributed by atoms with Crippen molar-refractivity contribution in [2.75, 3.05) is 19.8 Å². The van der Waals surface area contributed by atoms with Crippen LogP contribution in [0.2, 0.25) is 0 Å². The maximum absolute atomic E-state index is 12.7. The average Bonchev–Trinajstić information content (AvgIpc) is 3.25. The van der Waals surface area contributed by atoms with Crippen LogP contribution in [0.4, 0.5) is 0 Å². The molecular formula is C55H102O5. The van der Waals surface area contributed by atoms with E-state index in [2.05, 4.69) is 57.2 Å². The Labute approximate surface area is 374 Å². The molecule has 0 N–H and O–H groups in total. The predicted octanol–water partition coefficient (Wildman–Crippen LogP) is 17.8. The van der Waals surface area contributed by atoms with E-state index in [1.54, 1.807) is 0 Å². The fourth-order valence-electron chi connectivity index (χ4n) is 7.76. The van der Waals surface area contributed by atoms with Crippen molar-refractivity contribution in [1.29, 1.82) is 0 Å². The van der Waals surface area contributed by atoms with E-state index in [4.69, 9.17) is 14.2 Å². The first kappa shape index (κ1) is 58.1. The van der Waals surface area contributed by atoms with Gasteiger partial charge < -0.3 is 14.2 Å². The molecule has 0 aliphatic heterocycles. The van der Waals surface area contributed by atoms with Gasteiger partial charge in [-0.2, -0.15) is 0 Å². The minimum Gasteiger partial charge on any atom is -0.462 e. The molecule has 0 aliphatic carbocycles. The second kappa shape index (κ2) is 51.5. The molecule has 0 bridgehead atoms. The van der Waals surface area contributed by atoms with E-state index in [0.29, 0.717) is 26.1 Å². The van der Waals surface area contributed by atoms with Gasteiger partial charge in [-0.15, -0.1) is 0 Å². The van der Waals surface area contributed by atoms with Crippen LogP contribution in [-0.2, 0) is 23.8 Å². The van der Waals surface area contributed by atoms with Crippen LogP contribution in [0.25, 0.3) is 0 Å². The van der Waals surface area contributed by atoms with Gasteiger partial charge in [0.15, 0.2) is 6.10 Å². The summed E-state index contributed by atoms with van der Waals surface area (Å²) in [5, 5.41) is 0. The second-order valence-corrected chi connectivity index (χ2v) is 17.8. The maximum Gasteiger partial charge on any atom is 0.306 e. The van der Waals surface area contributed by atoms with Crippen molar-refractivity contribution in [1.82, 2.24) is 0 Å². The summed E-state index contributed by atoms with van der Waals surface area (Å²) < 4.78 is 17.4. The number of esters is 2. The molecule has 0 aromatic carbocycles. The molecule has 5 nitrogen and oxygen atoms in total. The Kier molecular flexibility index (Phi) is 49.9. The fourth-order valence-corrected chi connectivity index (χ4v) is 7.76. The van der Waals surface area contributed by atoms with Crippen molar-refractivity contribution in [3.63, 3.8) is 0 Å². The van der Waals surface area contributed by atoms with Crippen LogP contribution < -0.4 is 0 Å². The van der Waals surface area contributed by atoms with Crippen molar-refractivity contribution >= 4 is 11.9 Å². The Morgan fingerprint density at radius 2 is 0.750 bits per heavy atom. The summed E-state index contributed by atoms with van der Waals surface area (Å²) >= 11 is 0. The third-order valence-corrected chi connectivity index (χ3v) is 11.7. The Bertz CT molecular complexity index is 955. The van der Waals surface area contributed by atoms with Gasteiger partial charge in [0.1, 0.15) is 6.61 Å². The van der Waals surface area contributed by atoms with Crippen LogP contribution in [0.3, 0.4) is 0 Å². The fraction of sp³-hybridized carbons (Fsp3) is 0.855. The predicted molar refractivity (Wildman–Crippen MR) is 261 cm³/mol. The smallest absolute Gasteiger partial charge is 0.306 e. The Balaban J connectivity index is 4.05. The van der Waals surface area contributed by atoms with Crippen molar-refractivity contribution in [2.24, 2.45) is 0 Å². The quantitative estimate of drug-likeness (QED) is 0.0347. The first-order valence-corrected chi connectivity index (χ1v) is 26.5. The first-order chi connectivity index (χ1) is 29.6. The summed E-state index contributed by atoms with van der Waals surface area (Å²) in [6.45, 7) is 7.72. The highest BCUT2D eigenvalue weighted by atomic mass is 16.6. The number of hydrogen-bond acceptors (Lipinski definition) is 5. The molecule has 60 heavy (non-hydrogen) atoms. The van der Waals surface area contributed by atoms with Crippen LogP contribution in [-0.4, -0.2) is 37.9 Å². The zero-order valence-electron chi connectivity index (χ0n) is 40.5. The van der Waals surface area contributed by atoms with Gasteiger partial charge in [-0.1, -0.05) is 250 Å². The van der Waals surface area contributed by atoms with Crippen LogP contribution >= 0.6 is 0 Å². The zero-order chi connectivity index (χ0) is 43.5. The lowest BCUT2D eigenvalue weighted by molar-refractivity contribution is -0.163. The van der Waals surface area contributed by atoms with E-state index in [0.717, 1.165) is 64.2 Å². The number of carbonyl (C=O) groups excluding carboxylic acids is 2. The summed E-state index contributed by atoms with van der Waals surface area (Å²) in [4.78, 5) is 25.2. The van der Waals surface area contributed by atoms with Crippen molar-refractivity contribution in [3.8, 4) is 0 Å². The lowest BCUT2D eigenvalue weighted by atomic mass is 10.0. The van der Waals surface area contributed by atoms with Crippen molar-refractivity contribution < 1.29 is 23.8 Å². The largest absolute Gasteiger partial charge is 0.462 e. The number of carbonyl (C=O) groups is 2. The summed E-state index contributed by atoms with van der Waals surface area (Å²) in [5.41, 5.74) is 0. The maximum atomic E-state index is 12.7. The molecule has 352 valence electrons. The Hall–Kier alpha value is -1.88. The third-order valence-electron chi connectivity index (χ3n) is 11.7. The molecule has 0 saturated heterocycles. The number of unbranched alkanes of at least 4 members (excludes halogenated alkanes) is 32. The number of rotatable bonds is 49. The molecule has 0 aliphatic rings. The van der Waals surface area contributed by atoms with Crippen LogP contribution in [0.1, 0.15) is 278 Å². The van der Waals surface area contributed by atoms with Gasteiger partial charge in [0, 0.05) is 19.4 Å². The van der Waals surface area contributed by atoms with E-state index < -0.39 is 6.10 Å². The van der Waals surface area contributed by atoms with E-state index in [9.17, 15) is 9.59 Å². The molecule has 0 amide bonds. The number of allylic oxidation sites excluding steroid dienone is 6. The summed E-state index contributed by atoms with van der Waals surface area (Å²) in [7, 11) is 0. The highest BCUT2D eigenvalue weighted by Crippen LogP contribution is 2.16. The summed E-state index contributed by atoms with van der Waals surface area (Å²) in [6, 6.07) is 0. The van der Waals surface area contributed by atoms with Gasteiger partial charge in [0.05, 0.1) is 6.61 Å². The van der Waals surface area contributed by atoms with Gasteiger partial charge in [-0.25, -0.2) is 0 Å². The Morgan fingerprint density at radius 3 is 1.20 bits per heavy atom. The minimum absolute atomic E-state index is 0.0852. The molecule has 0 aromatic heterocycles. The summed E-state index contributed by atoms with van der Waals surface area (Å²) in [5.74, 6) is -0.400. The van der Waals surface area contributed by atoms with E-state index in [1.165, 1.54) is 180 Å². The molecule has 1 atom stereocenters. The first-order valence-electron chi connectivity index (χ1n) is 26.5. The molecule has 0 radical (unpaired) electrons. The standard InChI is InChI=1S/C55H102O5/c1-4-7-10-13-16-18-20-22-24-26-27-28-30-32-34-36-38-41-44-47-50-58-51-53(60-55(57)49-46-43-39-15-12-9-6-3)52-59-54(56)48-45-42-40-37-35-33-31-29-25-23-21-19-17-14-11-8-5-2/h8,11,17,19,23,25,53H,4-7,9-10,12-16,18,20-22,24,26-52H2,1-3H3/b11-8-,19-17-,25-23-. The SMILES string of the molecule is CC/C=C\C/C=C\C/C=C\CCCCCCCCCC(=O)OCC(COCCCCCCCCCCCCCCCCCCCCCC)OC(=O)CCCCCCCCC. The van der Waals surface area contributed by atoms with Gasteiger partial charge in [-0.3, -0.25) is 9.59 Å². The number of hydrogen-bond donors (Lipinski definition) is 0. The van der Waals surface area contributed by atoms with Gasteiger partial charge in [0.25, 0.3) is 0 Å². The van der Waals surface area contributed by atoms with Crippen molar-refractivity contribution in [3.05, 3.63) is 36.5 Å². The molecule has 0 aromatic rings. The van der Waals surface area contributed by atoms with Crippen LogP contribution in [0, 0.1) is 0 Å². The van der Waals surface area contributed by atoms with Crippen LogP contribution in [0.5, 0.6) is 0 Å². The molecule has 0 rings (SSSR count). The molecule has 1 unspecified atom stereocenters. The minimum atomic E-state index is -0.532. The number of ether oxygens (including phenoxy) is 3. The molecule has 0 heterocycles. The van der Waals surface area contributed by atoms with Gasteiger partial charge >= 0.3 is 11.9 Å². The van der Waals surface area contributed by atoms with Gasteiger partial charge in [-0.05, 0) is 51.4 Å². The molecule has 0 fully saturated rings. The monoisotopic (exact) mass is 843 g/mol. The van der Waals surface area contributed by atoms with E-state index in [-0.39, 0.29) is 18.5 Å². The molecular weight excluding hydrogens is 741 g/mol. The normalized spacial score (nSPS) is 12.4. The highest BCUT2D eigenvalue weighted by Gasteiger charge is 2.17. The zero-order valence-corrected chi connectivity index (χ0v) is 40.5. The van der Waals surface area contributed by atoms with E-state index in [1.807, 2.05) is 0 Å². The molecule has 0 spiro atoms. The lowest BCUT2D eigenvalue weighted by Crippen LogP contribution is -2.30. The molecule has 0 saturated carbocycles.